The summed E-state index contributed by atoms with van der Waals surface area (Å²) in [6, 6.07) is 1.56. The van der Waals surface area contributed by atoms with E-state index in [-0.39, 0.29) is 12.4 Å². The van der Waals surface area contributed by atoms with E-state index in [2.05, 4.69) is 5.32 Å². The van der Waals surface area contributed by atoms with E-state index in [4.69, 9.17) is 18.9 Å². The van der Waals surface area contributed by atoms with Crippen molar-refractivity contribution in [1.29, 1.82) is 0 Å². The van der Waals surface area contributed by atoms with Gasteiger partial charge in [0.05, 0.1) is 39.2 Å². The summed E-state index contributed by atoms with van der Waals surface area (Å²) in [6.07, 6.45) is 0. The molecule has 1 aromatic rings. The number of ether oxygens (including phenoxy) is 4. The Bertz CT molecular complexity index is 465. The number of anilines is 1. The van der Waals surface area contributed by atoms with Crippen LogP contribution in [0.25, 0.3) is 0 Å². The fourth-order valence-corrected chi connectivity index (χ4v) is 1.77. The Hall–Kier alpha value is -1.82. The Morgan fingerprint density at radius 2 is 1.75 bits per heavy atom. The highest BCUT2D eigenvalue weighted by atomic mass is 35.5. The minimum atomic E-state index is -0.453. The molecule has 0 spiro atoms. The molecule has 0 aliphatic carbocycles. The van der Waals surface area contributed by atoms with Gasteiger partial charge in [-0.05, 0) is 6.92 Å². The van der Waals surface area contributed by atoms with Crippen LogP contribution in [0.4, 0.5) is 5.69 Å². The van der Waals surface area contributed by atoms with Crippen molar-refractivity contribution in [1.82, 2.24) is 0 Å². The Morgan fingerprint density at radius 3 is 2.15 bits per heavy atom. The Morgan fingerprint density at radius 1 is 1.15 bits per heavy atom. The molecular formula is C13H20ClNO5. The summed E-state index contributed by atoms with van der Waals surface area (Å²) in [5.74, 6) is 0.766. The molecule has 0 fully saturated rings. The predicted molar refractivity (Wildman–Crippen MR) is 78.8 cm³/mol. The van der Waals surface area contributed by atoms with Gasteiger partial charge in [0.1, 0.15) is 0 Å². The fourth-order valence-electron chi connectivity index (χ4n) is 1.77. The number of esters is 1. The number of rotatable bonds is 6. The normalized spacial score (nSPS) is 9.25. The summed E-state index contributed by atoms with van der Waals surface area (Å²) in [5.41, 5.74) is 0.831. The lowest BCUT2D eigenvalue weighted by molar-refractivity contribution is 0.0526. The summed E-state index contributed by atoms with van der Waals surface area (Å²) < 4.78 is 20.8. The van der Waals surface area contributed by atoms with Gasteiger partial charge in [-0.1, -0.05) is 0 Å². The van der Waals surface area contributed by atoms with Gasteiger partial charge >= 0.3 is 5.97 Å². The van der Waals surface area contributed by atoms with E-state index in [0.717, 1.165) is 0 Å². The van der Waals surface area contributed by atoms with Gasteiger partial charge in [-0.3, -0.25) is 0 Å². The Kier molecular flexibility index (Phi) is 7.61. The molecule has 20 heavy (non-hydrogen) atoms. The minimum absolute atomic E-state index is 0. The third-order valence-electron chi connectivity index (χ3n) is 2.58. The average molecular weight is 306 g/mol. The molecular weight excluding hydrogens is 286 g/mol. The van der Waals surface area contributed by atoms with E-state index in [0.29, 0.717) is 35.1 Å². The second kappa shape index (κ2) is 8.37. The molecule has 6 nitrogen and oxygen atoms in total. The van der Waals surface area contributed by atoms with Gasteiger partial charge in [0, 0.05) is 13.1 Å². The van der Waals surface area contributed by atoms with Crippen molar-refractivity contribution in [3.05, 3.63) is 11.6 Å². The molecule has 0 heterocycles. The van der Waals surface area contributed by atoms with Crippen LogP contribution in [0.3, 0.4) is 0 Å². The van der Waals surface area contributed by atoms with Crippen molar-refractivity contribution in [3.63, 3.8) is 0 Å². The average Bonchev–Trinajstić information content (AvgIpc) is 2.44. The minimum Gasteiger partial charge on any atom is -0.493 e. The number of carbonyl (C=O) groups excluding carboxylic acids is 1. The highest BCUT2D eigenvalue weighted by Crippen LogP contribution is 2.45. The standard InChI is InChI=1S/C13H19NO5.ClH/c1-6-19-13(15)8-7-9(16-3)11(17-4)12(18-5)10(8)14-2;/h7,14H,6H2,1-5H3;1H. The lowest BCUT2D eigenvalue weighted by atomic mass is 10.1. The summed E-state index contributed by atoms with van der Waals surface area (Å²) in [6.45, 7) is 2.04. The number of hydrogen-bond acceptors (Lipinski definition) is 6. The number of halogens is 1. The number of hydrogen-bond donors (Lipinski definition) is 1. The SMILES string of the molecule is CCOC(=O)c1cc(OC)c(OC)c(OC)c1NC.Cl. The molecule has 0 saturated heterocycles. The smallest absolute Gasteiger partial charge is 0.340 e. The maximum absolute atomic E-state index is 11.9. The van der Waals surface area contributed by atoms with Crippen LogP contribution in [0.5, 0.6) is 17.2 Å². The van der Waals surface area contributed by atoms with Gasteiger partial charge in [0.15, 0.2) is 11.5 Å². The molecule has 7 heteroatoms. The summed E-state index contributed by atoms with van der Waals surface area (Å²) in [5, 5.41) is 2.92. The predicted octanol–water partition coefficient (Wildman–Crippen LogP) is 2.35. The topological polar surface area (TPSA) is 66.0 Å². The molecule has 114 valence electrons. The van der Waals surface area contributed by atoms with Crippen LogP contribution in [0.2, 0.25) is 0 Å². The zero-order valence-electron chi connectivity index (χ0n) is 12.2. The molecule has 0 bridgehead atoms. The van der Waals surface area contributed by atoms with Crippen LogP contribution in [0, 0.1) is 0 Å². The molecule has 1 N–H and O–H groups in total. The highest BCUT2D eigenvalue weighted by molar-refractivity contribution is 5.99. The van der Waals surface area contributed by atoms with E-state index >= 15 is 0 Å². The lowest BCUT2D eigenvalue weighted by Gasteiger charge is -2.18. The van der Waals surface area contributed by atoms with E-state index in [9.17, 15) is 4.79 Å². The van der Waals surface area contributed by atoms with Crippen LogP contribution < -0.4 is 19.5 Å². The van der Waals surface area contributed by atoms with Gasteiger partial charge < -0.3 is 24.3 Å². The fraction of sp³-hybridized carbons (Fsp3) is 0.462. The van der Waals surface area contributed by atoms with E-state index in [1.54, 1.807) is 20.0 Å². The van der Waals surface area contributed by atoms with E-state index in [1.807, 2.05) is 0 Å². The first-order valence-electron chi connectivity index (χ1n) is 5.82. The first-order valence-corrected chi connectivity index (χ1v) is 5.82. The molecule has 0 amide bonds. The van der Waals surface area contributed by atoms with E-state index in [1.165, 1.54) is 21.3 Å². The van der Waals surface area contributed by atoms with Gasteiger partial charge in [0.25, 0.3) is 0 Å². The first-order chi connectivity index (χ1) is 9.14. The maximum Gasteiger partial charge on any atom is 0.340 e. The van der Waals surface area contributed by atoms with Crippen molar-refractivity contribution >= 4 is 24.1 Å². The first kappa shape index (κ1) is 18.2. The Balaban J connectivity index is 0.00000361. The molecule has 0 aromatic heterocycles. The number of benzene rings is 1. The van der Waals surface area contributed by atoms with Crippen LogP contribution in [0.1, 0.15) is 17.3 Å². The van der Waals surface area contributed by atoms with Gasteiger partial charge in [-0.15, -0.1) is 12.4 Å². The molecule has 0 saturated carbocycles. The van der Waals surface area contributed by atoms with Crippen LogP contribution in [0.15, 0.2) is 6.07 Å². The monoisotopic (exact) mass is 305 g/mol. The molecule has 0 aliphatic heterocycles. The third kappa shape index (κ3) is 3.39. The van der Waals surface area contributed by atoms with Gasteiger partial charge in [-0.25, -0.2) is 4.79 Å². The number of methoxy groups -OCH3 is 3. The van der Waals surface area contributed by atoms with Crippen molar-refractivity contribution in [2.75, 3.05) is 40.3 Å². The molecule has 1 rings (SSSR count). The quantitative estimate of drug-likeness (QED) is 0.814. The Labute approximate surface area is 124 Å². The summed E-state index contributed by atoms with van der Waals surface area (Å²) in [7, 11) is 6.18. The van der Waals surface area contributed by atoms with Crippen LogP contribution in [-0.4, -0.2) is 41.0 Å². The molecule has 0 atom stereocenters. The van der Waals surface area contributed by atoms with Gasteiger partial charge in [0.2, 0.25) is 5.75 Å². The zero-order valence-corrected chi connectivity index (χ0v) is 13.1. The largest absolute Gasteiger partial charge is 0.493 e. The van der Waals surface area contributed by atoms with Crippen molar-refractivity contribution in [2.45, 2.75) is 6.92 Å². The number of carbonyl (C=O) groups is 1. The number of nitrogens with one attached hydrogen (secondary N) is 1. The second-order valence-corrected chi connectivity index (χ2v) is 3.54. The molecule has 1 aromatic carbocycles. The summed E-state index contributed by atoms with van der Waals surface area (Å²) in [4.78, 5) is 11.9. The maximum atomic E-state index is 11.9. The van der Waals surface area contributed by atoms with E-state index < -0.39 is 5.97 Å². The van der Waals surface area contributed by atoms with Crippen LogP contribution >= 0.6 is 12.4 Å². The van der Waals surface area contributed by atoms with Crippen molar-refractivity contribution in [2.24, 2.45) is 0 Å². The molecule has 0 aliphatic rings. The lowest BCUT2D eigenvalue weighted by Crippen LogP contribution is -2.10. The molecule has 0 unspecified atom stereocenters. The van der Waals surface area contributed by atoms with Crippen molar-refractivity contribution in [3.8, 4) is 17.2 Å². The third-order valence-corrected chi connectivity index (χ3v) is 2.58. The van der Waals surface area contributed by atoms with Crippen molar-refractivity contribution < 1.29 is 23.7 Å². The molecule has 0 radical (unpaired) electrons. The highest BCUT2D eigenvalue weighted by Gasteiger charge is 2.24. The summed E-state index contributed by atoms with van der Waals surface area (Å²) >= 11 is 0. The van der Waals surface area contributed by atoms with Crippen LogP contribution in [-0.2, 0) is 4.74 Å². The zero-order chi connectivity index (χ0) is 14.4. The second-order valence-electron chi connectivity index (χ2n) is 3.54. The van der Waals surface area contributed by atoms with Gasteiger partial charge in [-0.2, -0.15) is 0 Å².